The van der Waals surface area contributed by atoms with E-state index in [0.717, 1.165) is 5.56 Å². The molecule has 0 saturated carbocycles. The molecule has 1 amide bonds. The van der Waals surface area contributed by atoms with Crippen LogP contribution in [0, 0.1) is 11.8 Å². The highest BCUT2D eigenvalue weighted by molar-refractivity contribution is 5.67. The molecule has 0 fully saturated rings. The summed E-state index contributed by atoms with van der Waals surface area (Å²) in [6, 6.07) is 7.43. The fraction of sp³-hybridized carbons (Fsp3) is 0.400. The van der Waals surface area contributed by atoms with Gasteiger partial charge >= 0.3 is 6.09 Å². The van der Waals surface area contributed by atoms with Crippen molar-refractivity contribution in [1.29, 1.82) is 0 Å². The molecule has 4 nitrogen and oxygen atoms in total. The highest BCUT2D eigenvalue weighted by Gasteiger charge is 2.15. The van der Waals surface area contributed by atoms with Crippen LogP contribution in [0.3, 0.4) is 0 Å². The molecule has 1 aromatic carbocycles. The van der Waals surface area contributed by atoms with Gasteiger partial charge in [0.1, 0.15) is 5.60 Å². The number of carbonyl (C=O) groups is 1. The van der Waals surface area contributed by atoms with E-state index in [1.54, 1.807) is 0 Å². The number of nitrogens with two attached hydrogens (primary N) is 1. The standard InChI is InChI=1S/C15H20N2O2/c1-15(2,3)19-14(18)17-11-7-6-9-12-8-4-5-10-13(12)16/h4-5,8,10H,7,11,16H2,1-3H3,(H,17,18). The van der Waals surface area contributed by atoms with Gasteiger partial charge < -0.3 is 15.8 Å². The number of hydrogen-bond donors (Lipinski definition) is 2. The molecule has 0 atom stereocenters. The van der Waals surface area contributed by atoms with Crippen molar-refractivity contribution in [2.24, 2.45) is 0 Å². The quantitative estimate of drug-likeness (QED) is 0.488. The highest BCUT2D eigenvalue weighted by atomic mass is 16.6. The smallest absolute Gasteiger partial charge is 0.407 e. The first-order valence-corrected chi connectivity index (χ1v) is 6.19. The summed E-state index contributed by atoms with van der Waals surface area (Å²) in [4.78, 5) is 11.3. The molecule has 19 heavy (non-hydrogen) atoms. The molecule has 0 aliphatic heterocycles. The average molecular weight is 260 g/mol. The molecule has 0 spiro atoms. The van der Waals surface area contributed by atoms with Crippen LogP contribution in [0.1, 0.15) is 32.8 Å². The molecule has 4 heteroatoms. The summed E-state index contributed by atoms with van der Waals surface area (Å²) in [5, 5.41) is 2.65. The van der Waals surface area contributed by atoms with Gasteiger partial charge in [0.15, 0.2) is 0 Å². The Morgan fingerprint density at radius 2 is 2.05 bits per heavy atom. The second-order valence-electron chi connectivity index (χ2n) is 5.07. The third kappa shape index (κ3) is 6.37. The number of ether oxygens (including phenoxy) is 1. The van der Waals surface area contributed by atoms with Crippen LogP contribution >= 0.6 is 0 Å². The van der Waals surface area contributed by atoms with Crippen molar-refractivity contribution < 1.29 is 9.53 Å². The van der Waals surface area contributed by atoms with Crippen LogP contribution in [0.4, 0.5) is 10.5 Å². The molecule has 102 valence electrons. The summed E-state index contributed by atoms with van der Waals surface area (Å²) < 4.78 is 5.10. The summed E-state index contributed by atoms with van der Waals surface area (Å²) in [7, 11) is 0. The Morgan fingerprint density at radius 3 is 2.68 bits per heavy atom. The number of alkyl carbamates (subject to hydrolysis) is 1. The van der Waals surface area contributed by atoms with Crippen molar-refractivity contribution >= 4 is 11.8 Å². The number of anilines is 1. The third-order valence-corrected chi connectivity index (χ3v) is 2.10. The lowest BCUT2D eigenvalue weighted by Gasteiger charge is -2.19. The summed E-state index contributed by atoms with van der Waals surface area (Å²) in [5.41, 5.74) is 6.75. The van der Waals surface area contributed by atoms with Gasteiger partial charge in [0.2, 0.25) is 0 Å². The van der Waals surface area contributed by atoms with E-state index in [9.17, 15) is 4.79 Å². The van der Waals surface area contributed by atoms with Gasteiger partial charge in [-0.15, -0.1) is 0 Å². The number of amides is 1. The molecule has 0 unspecified atom stereocenters. The normalized spacial score (nSPS) is 10.3. The second-order valence-corrected chi connectivity index (χ2v) is 5.07. The summed E-state index contributed by atoms with van der Waals surface area (Å²) in [6.07, 6.45) is 0.127. The molecule has 0 bridgehead atoms. The van der Waals surface area contributed by atoms with E-state index in [1.807, 2.05) is 45.0 Å². The topological polar surface area (TPSA) is 64.3 Å². The molecule has 0 saturated heterocycles. The van der Waals surface area contributed by atoms with E-state index in [0.29, 0.717) is 18.7 Å². The van der Waals surface area contributed by atoms with Gasteiger partial charge in [-0.2, -0.15) is 0 Å². The maximum atomic E-state index is 11.3. The van der Waals surface area contributed by atoms with Crippen molar-refractivity contribution in [3.8, 4) is 11.8 Å². The Balaban J connectivity index is 2.33. The first kappa shape index (κ1) is 14.9. The first-order valence-electron chi connectivity index (χ1n) is 6.19. The van der Waals surface area contributed by atoms with E-state index in [1.165, 1.54) is 0 Å². The van der Waals surface area contributed by atoms with E-state index in [4.69, 9.17) is 10.5 Å². The Hall–Kier alpha value is -2.15. The molecule has 0 aromatic heterocycles. The molecule has 0 aliphatic carbocycles. The molecular formula is C15H20N2O2. The largest absolute Gasteiger partial charge is 0.444 e. The fourth-order valence-corrected chi connectivity index (χ4v) is 1.31. The minimum Gasteiger partial charge on any atom is -0.444 e. The van der Waals surface area contributed by atoms with E-state index in [2.05, 4.69) is 17.2 Å². The molecule has 1 aromatic rings. The SMILES string of the molecule is CC(C)(C)OC(=O)NCCC#Cc1ccccc1N. The maximum Gasteiger partial charge on any atom is 0.407 e. The van der Waals surface area contributed by atoms with Crippen LogP contribution in [-0.2, 0) is 4.74 Å². The number of para-hydroxylation sites is 1. The highest BCUT2D eigenvalue weighted by Crippen LogP contribution is 2.08. The van der Waals surface area contributed by atoms with Crippen molar-refractivity contribution in [2.45, 2.75) is 32.8 Å². The van der Waals surface area contributed by atoms with Crippen LogP contribution in [0.15, 0.2) is 24.3 Å². The Bertz CT molecular complexity index is 493. The number of carbonyl (C=O) groups excluding carboxylic acids is 1. The lowest BCUT2D eigenvalue weighted by atomic mass is 10.2. The van der Waals surface area contributed by atoms with Crippen LogP contribution in [0.2, 0.25) is 0 Å². The predicted molar refractivity (Wildman–Crippen MR) is 76.6 cm³/mol. The Kier molecular flexibility index (Phi) is 5.25. The number of nitrogens with one attached hydrogen (secondary N) is 1. The van der Waals surface area contributed by atoms with Crippen LogP contribution in [0.25, 0.3) is 0 Å². The molecule has 0 heterocycles. The summed E-state index contributed by atoms with van der Waals surface area (Å²) in [5.74, 6) is 5.93. The molecular weight excluding hydrogens is 240 g/mol. The molecule has 0 radical (unpaired) electrons. The third-order valence-electron chi connectivity index (χ3n) is 2.10. The first-order chi connectivity index (χ1) is 8.88. The zero-order chi connectivity index (χ0) is 14.3. The van der Waals surface area contributed by atoms with E-state index >= 15 is 0 Å². The minimum absolute atomic E-state index is 0.423. The second kappa shape index (κ2) is 6.69. The zero-order valence-corrected chi connectivity index (χ0v) is 11.6. The van der Waals surface area contributed by atoms with Gasteiger partial charge in [-0.1, -0.05) is 24.0 Å². The van der Waals surface area contributed by atoms with Crippen LogP contribution < -0.4 is 11.1 Å². The van der Waals surface area contributed by atoms with Crippen LogP contribution in [0.5, 0.6) is 0 Å². The summed E-state index contributed by atoms with van der Waals surface area (Å²) >= 11 is 0. The van der Waals surface area contributed by atoms with Crippen molar-refractivity contribution in [2.75, 3.05) is 12.3 Å². The van der Waals surface area contributed by atoms with Crippen molar-refractivity contribution in [3.63, 3.8) is 0 Å². The van der Waals surface area contributed by atoms with E-state index in [-0.39, 0.29) is 0 Å². The van der Waals surface area contributed by atoms with Gasteiger partial charge in [-0.25, -0.2) is 4.79 Å². The van der Waals surface area contributed by atoms with Crippen LogP contribution in [-0.4, -0.2) is 18.2 Å². The number of benzene rings is 1. The fourth-order valence-electron chi connectivity index (χ4n) is 1.31. The minimum atomic E-state index is -0.478. The predicted octanol–water partition coefficient (Wildman–Crippen LogP) is 2.54. The van der Waals surface area contributed by atoms with Gasteiger partial charge in [0, 0.05) is 24.2 Å². The van der Waals surface area contributed by atoms with Gasteiger partial charge in [0.05, 0.1) is 0 Å². The number of nitrogen functional groups attached to an aromatic ring is 1. The van der Waals surface area contributed by atoms with Gasteiger partial charge in [-0.05, 0) is 32.9 Å². The van der Waals surface area contributed by atoms with Crippen molar-refractivity contribution in [3.05, 3.63) is 29.8 Å². The lowest BCUT2D eigenvalue weighted by Crippen LogP contribution is -2.32. The monoisotopic (exact) mass is 260 g/mol. The average Bonchev–Trinajstić information content (AvgIpc) is 2.28. The Morgan fingerprint density at radius 1 is 1.37 bits per heavy atom. The maximum absolute atomic E-state index is 11.3. The summed E-state index contributed by atoms with van der Waals surface area (Å²) in [6.45, 7) is 5.92. The molecule has 1 rings (SSSR count). The van der Waals surface area contributed by atoms with Gasteiger partial charge in [-0.3, -0.25) is 0 Å². The molecule has 3 N–H and O–H groups in total. The zero-order valence-electron chi connectivity index (χ0n) is 11.6. The van der Waals surface area contributed by atoms with E-state index < -0.39 is 11.7 Å². The lowest BCUT2D eigenvalue weighted by molar-refractivity contribution is 0.0529. The molecule has 0 aliphatic rings. The number of rotatable bonds is 2. The number of hydrogen-bond acceptors (Lipinski definition) is 3. The van der Waals surface area contributed by atoms with Gasteiger partial charge in [0.25, 0.3) is 0 Å². The van der Waals surface area contributed by atoms with Crippen molar-refractivity contribution in [1.82, 2.24) is 5.32 Å². The Labute approximate surface area is 114 Å².